The summed E-state index contributed by atoms with van der Waals surface area (Å²) < 4.78 is 82.5. The number of benzene rings is 2. The van der Waals surface area contributed by atoms with Crippen LogP contribution in [0.5, 0.6) is 0 Å². The molecule has 2 aromatic carbocycles. The number of aryl methyl sites for hydroxylation is 1. The number of hydrogen-bond donors (Lipinski definition) is 3. The molecule has 2 fully saturated rings. The second kappa shape index (κ2) is 11.5. The first-order valence-corrected chi connectivity index (χ1v) is 13.2. The summed E-state index contributed by atoms with van der Waals surface area (Å²) in [6.07, 6.45) is -8.32. The lowest BCUT2D eigenvalue weighted by atomic mass is 9.89. The third kappa shape index (κ3) is 5.82. The maximum absolute atomic E-state index is 14.2. The van der Waals surface area contributed by atoms with Gasteiger partial charge in [-0.05, 0) is 42.8 Å². The van der Waals surface area contributed by atoms with Gasteiger partial charge in [0.1, 0.15) is 58.6 Å². The van der Waals surface area contributed by atoms with Crippen molar-refractivity contribution in [1.29, 1.82) is 0 Å². The Kier molecular flexibility index (Phi) is 8.22. The smallest absolute Gasteiger partial charge is 0.394 e. The Labute approximate surface area is 249 Å². The van der Waals surface area contributed by atoms with E-state index in [0.717, 1.165) is 41.2 Å². The molecule has 2 aliphatic rings. The maximum atomic E-state index is 14.2. The molecule has 1 amide bonds. The average molecular weight is 647 g/mol. The van der Waals surface area contributed by atoms with Crippen LogP contribution in [0.3, 0.4) is 0 Å². The first kappa shape index (κ1) is 30.8. The number of aromatic nitrogens is 3. The summed E-state index contributed by atoms with van der Waals surface area (Å²) in [5.41, 5.74) is 8.47. The van der Waals surface area contributed by atoms with Crippen LogP contribution in [0, 0.1) is 18.6 Å². The molecule has 3 heterocycles. The molecule has 5 N–H and O–H groups in total. The number of ether oxygens (including phenoxy) is 2. The lowest BCUT2D eigenvalue weighted by Gasteiger charge is -2.48. The largest absolute Gasteiger partial charge is 0.418 e. The number of aliphatic hydroxyl groups is 1. The second-order valence-corrected chi connectivity index (χ2v) is 10.5. The molecular formula is C26H21Cl2F5N6O4. The topological polar surface area (TPSA) is 151 Å². The molecule has 0 aliphatic carbocycles. The minimum atomic E-state index is -4.79. The number of rotatable bonds is 6. The zero-order valence-electron chi connectivity index (χ0n) is 21.8. The van der Waals surface area contributed by atoms with E-state index in [4.69, 9.17) is 44.1 Å². The van der Waals surface area contributed by atoms with E-state index < -0.39 is 76.1 Å². The third-order valence-electron chi connectivity index (χ3n) is 6.85. The normalized spacial score (nSPS) is 24.4. The van der Waals surface area contributed by atoms with Crippen molar-refractivity contribution in [2.75, 3.05) is 6.61 Å². The molecule has 17 heteroatoms. The number of hydrogen-bond acceptors (Lipinski definition) is 8. The fourth-order valence-corrected chi connectivity index (χ4v) is 5.04. The molecule has 43 heavy (non-hydrogen) atoms. The van der Waals surface area contributed by atoms with Crippen molar-refractivity contribution in [1.82, 2.24) is 14.8 Å². The Morgan fingerprint density at radius 1 is 1.19 bits per heavy atom. The summed E-state index contributed by atoms with van der Waals surface area (Å²) in [5, 5.41) is 14.7. The Bertz CT molecular complexity index is 1640. The minimum absolute atomic E-state index is 0.0106. The number of fused-ring (bicyclic) bond motifs is 1. The molecule has 5 rings (SSSR count). The lowest BCUT2D eigenvalue weighted by Crippen LogP contribution is -2.62. The summed E-state index contributed by atoms with van der Waals surface area (Å²) >= 11 is 11.6. The predicted octanol–water partition coefficient (Wildman–Crippen LogP) is 3.67. The van der Waals surface area contributed by atoms with Gasteiger partial charge in [0, 0.05) is 16.8 Å². The van der Waals surface area contributed by atoms with Crippen LogP contribution in [0.15, 0.2) is 41.0 Å². The Balaban J connectivity index is 1.56. The van der Waals surface area contributed by atoms with E-state index in [0.29, 0.717) is 0 Å². The molecule has 3 aromatic rings. The zero-order chi connectivity index (χ0) is 31.4. The van der Waals surface area contributed by atoms with Crippen LogP contribution in [0.1, 0.15) is 28.9 Å². The molecular weight excluding hydrogens is 626 g/mol. The molecule has 1 aromatic heterocycles. The number of aliphatic hydroxyl groups excluding tert-OH is 1. The van der Waals surface area contributed by atoms with E-state index in [2.05, 4.69) is 15.1 Å². The Morgan fingerprint density at radius 2 is 1.86 bits per heavy atom. The standard InChI is InChI=1S/C26H21Cl2F5N6O4/c1-9-37-25(39(38-9)16-6-11(27)2-3-13(16)26(31,32)33)23-21(40)20(22-17(43-23)8-42-22)36-7-12(19(34)24(35)41)10-4-14(29)18(28)15(30)5-10/h2-7,17,20-23,40H,8,34H2,1H3,(H2,35,41). The summed E-state index contributed by atoms with van der Waals surface area (Å²) in [6.45, 7) is 1.49. The number of amides is 1. The van der Waals surface area contributed by atoms with Crippen LogP contribution >= 0.6 is 23.2 Å². The number of halogens is 7. The molecule has 0 bridgehead atoms. The van der Waals surface area contributed by atoms with Crippen LogP contribution in [0.4, 0.5) is 22.0 Å². The van der Waals surface area contributed by atoms with Gasteiger partial charge in [-0.2, -0.15) is 18.3 Å². The third-order valence-corrected chi connectivity index (χ3v) is 7.45. The zero-order valence-corrected chi connectivity index (χ0v) is 23.3. The summed E-state index contributed by atoms with van der Waals surface area (Å²) in [5.74, 6) is -3.55. The van der Waals surface area contributed by atoms with E-state index in [1.807, 2.05) is 0 Å². The van der Waals surface area contributed by atoms with Crippen molar-refractivity contribution < 1.29 is 41.3 Å². The highest BCUT2D eigenvalue weighted by Crippen LogP contribution is 2.41. The first-order chi connectivity index (χ1) is 20.2. The molecule has 5 unspecified atom stereocenters. The fourth-order valence-electron chi connectivity index (χ4n) is 4.77. The summed E-state index contributed by atoms with van der Waals surface area (Å²) in [7, 11) is 0. The molecule has 0 saturated carbocycles. The highest BCUT2D eigenvalue weighted by molar-refractivity contribution is 6.31. The summed E-state index contributed by atoms with van der Waals surface area (Å²) in [6, 6.07) is 3.36. The van der Waals surface area contributed by atoms with Gasteiger partial charge in [-0.3, -0.25) is 9.79 Å². The van der Waals surface area contributed by atoms with Crippen molar-refractivity contribution in [3.05, 3.63) is 80.5 Å². The number of nitrogens with zero attached hydrogens (tertiary/aromatic N) is 4. The quantitative estimate of drug-likeness (QED) is 0.160. The highest BCUT2D eigenvalue weighted by Gasteiger charge is 2.53. The van der Waals surface area contributed by atoms with Gasteiger partial charge in [-0.25, -0.2) is 18.4 Å². The van der Waals surface area contributed by atoms with E-state index in [1.54, 1.807) is 0 Å². The molecule has 5 atom stereocenters. The Hall–Kier alpha value is -3.63. The number of alkyl halides is 3. The molecule has 2 saturated heterocycles. The van der Waals surface area contributed by atoms with Gasteiger partial charge in [0.25, 0.3) is 5.91 Å². The van der Waals surface area contributed by atoms with E-state index in [1.165, 1.54) is 6.92 Å². The highest BCUT2D eigenvalue weighted by atomic mass is 35.5. The van der Waals surface area contributed by atoms with Crippen molar-refractivity contribution in [3.63, 3.8) is 0 Å². The SMILES string of the molecule is Cc1nc(C2OC3COC3C(N=CC(=C(N)C(N)=O)c3cc(F)c(Cl)c(F)c3)C2O)n(-c2cc(Cl)ccc2C(F)(F)F)n1. The van der Waals surface area contributed by atoms with Crippen LogP contribution < -0.4 is 11.5 Å². The number of aliphatic imine (C=N–C) groups is 1. The molecule has 228 valence electrons. The number of allylic oxidation sites excluding steroid dienone is 1. The monoisotopic (exact) mass is 646 g/mol. The predicted molar refractivity (Wildman–Crippen MR) is 143 cm³/mol. The van der Waals surface area contributed by atoms with Gasteiger partial charge in [-0.15, -0.1) is 0 Å². The van der Waals surface area contributed by atoms with Crippen LogP contribution in [0.25, 0.3) is 11.3 Å². The van der Waals surface area contributed by atoms with Gasteiger partial charge in [-0.1, -0.05) is 23.2 Å². The Morgan fingerprint density at radius 3 is 2.44 bits per heavy atom. The first-order valence-electron chi connectivity index (χ1n) is 12.4. The van der Waals surface area contributed by atoms with E-state index >= 15 is 0 Å². The molecule has 10 nitrogen and oxygen atoms in total. The van der Waals surface area contributed by atoms with Gasteiger partial charge >= 0.3 is 6.18 Å². The van der Waals surface area contributed by atoms with Gasteiger partial charge in [0.05, 0.1) is 17.9 Å². The van der Waals surface area contributed by atoms with E-state index in [-0.39, 0.29) is 34.4 Å². The van der Waals surface area contributed by atoms with Crippen molar-refractivity contribution in [2.45, 2.75) is 43.6 Å². The van der Waals surface area contributed by atoms with Crippen LogP contribution in [0.2, 0.25) is 10.0 Å². The molecule has 0 radical (unpaired) electrons. The van der Waals surface area contributed by atoms with Crippen LogP contribution in [-0.4, -0.2) is 63.0 Å². The second-order valence-electron chi connectivity index (χ2n) is 9.69. The maximum Gasteiger partial charge on any atom is 0.418 e. The minimum Gasteiger partial charge on any atom is -0.394 e. The number of primary amides is 1. The van der Waals surface area contributed by atoms with Crippen molar-refractivity contribution >= 4 is 40.9 Å². The lowest BCUT2D eigenvalue weighted by molar-refractivity contribution is -0.273. The molecule has 2 aliphatic heterocycles. The van der Waals surface area contributed by atoms with Crippen LogP contribution in [-0.2, 0) is 20.4 Å². The number of carbonyl (C=O) groups excluding carboxylic acids is 1. The van der Waals surface area contributed by atoms with E-state index in [9.17, 15) is 31.9 Å². The molecule has 0 spiro atoms. The van der Waals surface area contributed by atoms with Gasteiger partial charge < -0.3 is 26.0 Å². The fraction of sp³-hybridized carbons (Fsp3) is 0.308. The van der Waals surface area contributed by atoms with Crippen molar-refractivity contribution in [2.24, 2.45) is 16.5 Å². The van der Waals surface area contributed by atoms with Crippen molar-refractivity contribution in [3.8, 4) is 5.69 Å². The number of carbonyl (C=O) groups is 1. The number of nitrogens with two attached hydrogens (primary N) is 2. The summed E-state index contributed by atoms with van der Waals surface area (Å²) in [4.78, 5) is 20.4. The average Bonchev–Trinajstić information content (AvgIpc) is 3.29. The van der Waals surface area contributed by atoms with Gasteiger partial charge in [0.15, 0.2) is 5.82 Å². The van der Waals surface area contributed by atoms with Gasteiger partial charge in [0.2, 0.25) is 0 Å².